The molecule has 0 aliphatic rings. The normalized spacial score (nSPS) is 11.1. The van der Waals surface area contributed by atoms with Crippen LogP contribution in [-0.4, -0.2) is 17.6 Å². The minimum Gasteiger partial charge on any atom is -0.461 e. The Morgan fingerprint density at radius 2 is 1.80 bits per heavy atom. The van der Waals surface area contributed by atoms with Crippen LogP contribution >= 0.6 is 0 Å². The maximum absolute atomic E-state index is 12.6. The van der Waals surface area contributed by atoms with Crippen LogP contribution in [0.4, 0.5) is 0 Å². The molecule has 2 heterocycles. The number of hydrogen-bond donors (Lipinski definition) is 1. The highest BCUT2D eigenvalue weighted by Crippen LogP contribution is 2.34. The zero-order valence-electron chi connectivity index (χ0n) is 13.5. The summed E-state index contributed by atoms with van der Waals surface area (Å²) in [5, 5.41) is 1.10. The molecule has 4 rings (SSSR count). The third kappa shape index (κ3) is 2.41. The molecular weight excluding hydrogens is 318 g/mol. The molecule has 1 N–H and O–H groups in total. The van der Waals surface area contributed by atoms with Gasteiger partial charge >= 0.3 is 11.6 Å². The Labute approximate surface area is 142 Å². The van der Waals surface area contributed by atoms with Crippen molar-refractivity contribution in [2.45, 2.75) is 6.92 Å². The second-order valence-corrected chi connectivity index (χ2v) is 5.60. The summed E-state index contributed by atoms with van der Waals surface area (Å²) in [7, 11) is 0. The van der Waals surface area contributed by atoms with Gasteiger partial charge < -0.3 is 14.1 Å². The van der Waals surface area contributed by atoms with E-state index in [0.717, 1.165) is 10.9 Å². The number of benzene rings is 2. The molecule has 0 bridgehead atoms. The Morgan fingerprint density at radius 1 is 1.08 bits per heavy atom. The summed E-state index contributed by atoms with van der Waals surface area (Å²) in [4.78, 5) is 28.2. The van der Waals surface area contributed by atoms with Gasteiger partial charge in [-0.15, -0.1) is 0 Å². The molecular formula is C20H15NO4. The minimum atomic E-state index is -0.499. The van der Waals surface area contributed by atoms with E-state index in [9.17, 15) is 9.59 Å². The van der Waals surface area contributed by atoms with Crippen LogP contribution < -0.4 is 5.63 Å². The van der Waals surface area contributed by atoms with Crippen LogP contribution in [0.25, 0.3) is 33.0 Å². The number of ether oxygens (including phenoxy) is 1. The standard InChI is InChI=1S/C20H15NO4/c1-2-24-20(23)18-15(12-8-4-3-5-9-12)16-17(21-18)13-10-6-7-11-14(13)25-19(16)22/h3-11,21H,2H2,1H3. The van der Waals surface area contributed by atoms with Crippen molar-refractivity contribution in [2.24, 2.45) is 0 Å². The Hall–Kier alpha value is -3.34. The van der Waals surface area contributed by atoms with Crippen molar-refractivity contribution in [3.63, 3.8) is 0 Å². The van der Waals surface area contributed by atoms with Crippen molar-refractivity contribution in [3.05, 3.63) is 70.7 Å². The molecule has 0 unspecified atom stereocenters. The van der Waals surface area contributed by atoms with Crippen LogP contribution in [0.5, 0.6) is 0 Å². The van der Waals surface area contributed by atoms with Gasteiger partial charge in [-0.25, -0.2) is 9.59 Å². The van der Waals surface area contributed by atoms with Gasteiger partial charge in [-0.3, -0.25) is 0 Å². The van der Waals surface area contributed by atoms with Crippen LogP contribution in [0.1, 0.15) is 17.4 Å². The van der Waals surface area contributed by atoms with Crippen LogP contribution in [-0.2, 0) is 4.74 Å². The van der Waals surface area contributed by atoms with E-state index in [1.807, 2.05) is 42.5 Å². The van der Waals surface area contributed by atoms with E-state index >= 15 is 0 Å². The van der Waals surface area contributed by atoms with Gasteiger partial charge in [-0.1, -0.05) is 42.5 Å². The lowest BCUT2D eigenvalue weighted by Crippen LogP contribution is -2.07. The Balaban J connectivity index is 2.16. The third-order valence-electron chi connectivity index (χ3n) is 4.11. The number of carbonyl (C=O) groups is 1. The molecule has 0 atom stereocenters. The number of H-pyrrole nitrogens is 1. The van der Waals surface area contributed by atoms with Crippen molar-refractivity contribution in [1.82, 2.24) is 4.98 Å². The number of esters is 1. The van der Waals surface area contributed by atoms with Crippen molar-refractivity contribution < 1.29 is 13.9 Å². The molecule has 0 spiro atoms. The zero-order valence-corrected chi connectivity index (χ0v) is 13.5. The molecule has 0 saturated heterocycles. The predicted molar refractivity (Wildman–Crippen MR) is 95.7 cm³/mol. The van der Waals surface area contributed by atoms with Crippen molar-refractivity contribution in [3.8, 4) is 11.1 Å². The summed E-state index contributed by atoms with van der Waals surface area (Å²) in [6, 6.07) is 16.5. The van der Waals surface area contributed by atoms with Gasteiger partial charge in [0.2, 0.25) is 0 Å². The number of carbonyl (C=O) groups excluding carboxylic acids is 1. The summed E-state index contributed by atoms with van der Waals surface area (Å²) >= 11 is 0. The second kappa shape index (κ2) is 5.94. The Bertz CT molecular complexity index is 1140. The highest BCUT2D eigenvalue weighted by Gasteiger charge is 2.24. The SMILES string of the molecule is CCOC(=O)c1[nH]c2c(c1-c1ccccc1)c(=O)oc1ccccc12. The molecule has 0 aliphatic carbocycles. The number of fused-ring (bicyclic) bond motifs is 3. The van der Waals surface area contributed by atoms with Crippen molar-refractivity contribution in [2.75, 3.05) is 6.61 Å². The molecule has 0 amide bonds. The smallest absolute Gasteiger partial charge is 0.355 e. The molecule has 2 aromatic carbocycles. The first kappa shape index (κ1) is 15.2. The molecule has 0 aliphatic heterocycles. The summed E-state index contributed by atoms with van der Waals surface area (Å²) < 4.78 is 10.6. The van der Waals surface area contributed by atoms with Gasteiger partial charge in [0.15, 0.2) is 0 Å². The highest BCUT2D eigenvalue weighted by atomic mass is 16.5. The molecule has 2 aromatic heterocycles. The lowest BCUT2D eigenvalue weighted by molar-refractivity contribution is 0.0521. The molecule has 5 heteroatoms. The quantitative estimate of drug-likeness (QED) is 0.452. The van der Waals surface area contributed by atoms with Crippen LogP contribution in [0.2, 0.25) is 0 Å². The van der Waals surface area contributed by atoms with Crippen LogP contribution in [0.3, 0.4) is 0 Å². The molecule has 25 heavy (non-hydrogen) atoms. The number of para-hydroxylation sites is 1. The fraction of sp³-hybridized carbons (Fsp3) is 0.100. The number of hydrogen-bond acceptors (Lipinski definition) is 4. The molecule has 124 valence electrons. The zero-order chi connectivity index (χ0) is 17.4. The van der Waals surface area contributed by atoms with Crippen LogP contribution in [0.15, 0.2) is 63.8 Å². The summed E-state index contributed by atoms with van der Waals surface area (Å²) in [5.41, 5.74) is 2.07. The Kier molecular flexibility index (Phi) is 3.61. The van der Waals surface area contributed by atoms with E-state index in [2.05, 4.69) is 4.98 Å². The van der Waals surface area contributed by atoms with E-state index < -0.39 is 11.6 Å². The fourth-order valence-electron chi connectivity index (χ4n) is 3.07. The van der Waals surface area contributed by atoms with E-state index in [1.54, 1.807) is 19.1 Å². The Morgan fingerprint density at radius 3 is 2.56 bits per heavy atom. The molecule has 0 radical (unpaired) electrons. The average Bonchev–Trinajstić information content (AvgIpc) is 3.04. The average molecular weight is 333 g/mol. The van der Waals surface area contributed by atoms with Crippen molar-refractivity contribution in [1.29, 1.82) is 0 Å². The first-order chi connectivity index (χ1) is 12.2. The second-order valence-electron chi connectivity index (χ2n) is 5.60. The first-order valence-corrected chi connectivity index (χ1v) is 8.00. The van der Waals surface area contributed by atoms with Gasteiger partial charge in [0.1, 0.15) is 11.3 Å². The lowest BCUT2D eigenvalue weighted by Gasteiger charge is -2.04. The van der Waals surface area contributed by atoms with Gasteiger partial charge in [-0.2, -0.15) is 0 Å². The minimum absolute atomic E-state index is 0.248. The maximum atomic E-state index is 12.6. The topological polar surface area (TPSA) is 72.3 Å². The largest absolute Gasteiger partial charge is 0.461 e. The van der Waals surface area contributed by atoms with Gasteiger partial charge in [0.05, 0.1) is 17.5 Å². The van der Waals surface area contributed by atoms with Gasteiger partial charge in [-0.05, 0) is 24.6 Å². The first-order valence-electron chi connectivity index (χ1n) is 8.00. The van der Waals surface area contributed by atoms with Gasteiger partial charge in [0.25, 0.3) is 0 Å². The van der Waals surface area contributed by atoms with E-state index in [0.29, 0.717) is 22.0 Å². The van der Waals surface area contributed by atoms with E-state index in [4.69, 9.17) is 9.15 Å². The van der Waals surface area contributed by atoms with Crippen LogP contribution in [0, 0.1) is 0 Å². The fourth-order valence-corrected chi connectivity index (χ4v) is 3.07. The number of aromatic amines is 1. The van der Waals surface area contributed by atoms with E-state index in [1.165, 1.54) is 0 Å². The third-order valence-corrected chi connectivity index (χ3v) is 4.11. The predicted octanol–water partition coefficient (Wildman–Crippen LogP) is 4.12. The maximum Gasteiger partial charge on any atom is 0.355 e. The van der Waals surface area contributed by atoms with Gasteiger partial charge in [0, 0.05) is 10.9 Å². The van der Waals surface area contributed by atoms with E-state index in [-0.39, 0.29) is 12.3 Å². The number of nitrogens with one attached hydrogen (secondary N) is 1. The highest BCUT2D eigenvalue weighted by molar-refractivity contribution is 6.14. The lowest BCUT2D eigenvalue weighted by atomic mass is 10.0. The molecule has 4 aromatic rings. The number of aromatic nitrogens is 1. The molecule has 5 nitrogen and oxygen atoms in total. The summed E-state index contributed by atoms with van der Waals surface area (Å²) in [5.74, 6) is -0.499. The summed E-state index contributed by atoms with van der Waals surface area (Å²) in [6.45, 7) is 1.99. The number of rotatable bonds is 3. The van der Waals surface area contributed by atoms with Crippen molar-refractivity contribution >= 4 is 27.8 Å². The summed E-state index contributed by atoms with van der Waals surface area (Å²) in [6.07, 6.45) is 0. The monoisotopic (exact) mass is 333 g/mol. The molecule has 0 fully saturated rings. The molecule has 0 saturated carbocycles.